The minimum atomic E-state index is -0.186. The van der Waals surface area contributed by atoms with Crippen molar-refractivity contribution in [2.45, 2.75) is 12.5 Å². The van der Waals surface area contributed by atoms with E-state index in [-0.39, 0.29) is 23.7 Å². The summed E-state index contributed by atoms with van der Waals surface area (Å²) < 4.78 is 0. The van der Waals surface area contributed by atoms with Gasteiger partial charge < -0.3 is 10.2 Å². The maximum absolute atomic E-state index is 12.3. The third-order valence-electron chi connectivity index (χ3n) is 4.34. The summed E-state index contributed by atoms with van der Waals surface area (Å²) in [4.78, 5) is 26.3. The van der Waals surface area contributed by atoms with Crippen LogP contribution in [0.4, 0.5) is 0 Å². The highest BCUT2D eigenvalue weighted by Gasteiger charge is 2.30. The van der Waals surface area contributed by atoms with Gasteiger partial charge in [0.2, 0.25) is 5.91 Å². The van der Waals surface area contributed by atoms with E-state index in [9.17, 15) is 9.59 Å². The zero-order valence-electron chi connectivity index (χ0n) is 13.2. The van der Waals surface area contributed by atoms with E-state index in [1.807, 2.05) is 36.4 Å². The van der Waals surface area contributed by atoms with E-state index >= 15 is 0 Å². The minimum absolute atomic E-state index is 0.0503. The topological polar surface area (TPSA) is 49.4 Å². The number of hydrogen-bond donors (Lipinski definition) is 1. The first kappa shape index (κ1) is 16.5. The third-order valence-corrected chi connectivity index (χ3v) is 4.57. The lowest BCUT2D eigenvalue weighted by Crippen LogP contribution is -2.45. The second kappa shape index (κ2) is 7.49. The van der Waals surface area contributed by atoms with Gasteiger partial charge in [-0.25, -0.2) is 0 Å². The number of rotatable bonds is 4. The van der Waals surface area contributed by atoms with Gasteiger partial charge in [0.15, 0.2) is 0 Å². The number of nitrogens with one attached hydrogen (secondary N) is 1. The van der Waals surface area contributed by atoms with Crippen LogP contribution in [0.15, 0.2) is 54.6 Å². The SMILES string of the molecule is O=C(NCC1c2ccccc2CCN1C(=O)CCl)c1ccccc1. The van der Waals surface area contributed by atoms with Gasteiger partial charge in [-0.3, -0.25) is 9.59 Å². The molecule has 1 N–H and O–H groups in total. The van der Waals surface area contributed by atoms with Crippen molar-refractivity contribution in [2.75, 3.05) is 19.0 Å². The fraction of sp³-hybridized carbons (Fsp3) is 0.263. The summed E-state index contributed by atoms with van der Waals surface area (Å²) in [5, 5.41) is 2.94. The molecular weight excluding hydrogens is 324 g/mol. The van der Waals surface area contributed by atoms with Crippen LogP contribution in [0, 0.1) is 0 Å². The molecule has 1 aliphatic heterocycles. The third kappa shape index (κ3) is 3.44. The van der Waals surface area contributed by atoms with Crippen LogP contribution >= 0.6 is 11.6 Å². The smallest absolute Gasteiger partial charge is 0.251 e. The molecule has 0 saturated carbocycles. The molecule has 0 spiro atoms. The number of carbonyl (C=O) groups excluding carboxylic acids is 2. The van der Waals surface area contributed by atoms with Crippen molar-refractivity contribution in [1.29, 1.82) is 0 Å². The summed E-state index contributed by atoms with van der Waals surface area (Å²) in [7, 11) is 0. The van der Waals surface area contributed by atoms with Crippen molar-refractivity contribution < 1.29 is 9.59 Å². The highest BCUT2D eigenvalue weighted by atomic mass is 35.5. The number of benzene rings is 2. The molecule has 24 heavy (non-hydrogen) atoms. The van der Waals surface area contributed by atoms with Crippen molar-refractivity contribution in [3.8, 4) is 0 Å². The van der Waals surface area contributed by atoms with Gasteiger partial charge in [-0.2, -0.15) is 0 Å². The van der Waals surface area contributed by atoms with Crippen LogP contribution in [-0.4, -0.2) is 35.7 Å². The Kier molecular flexibility index (Phi) is 5.16. The van der Waals surface area contributed by atoms with Crippen LogP contribution in [0.5, 0.6) is 0 Å². The standard InChI is InChI=1S/C19H19ClN2O2/c20-12-18(23)22-11-10-14-6-4-5-9-16(14)17(22)13-21-19(24)15-7-2-1-3-8-15/h1-9,17H,10-13H2,(H,21,24). The van der Waals surface area contributed by atoms with E-state index in [1.165, 1.54) is 5.56 Å². The van der Waals surface area contributed by atoms with Gasteiger partial charge in [0, 0.05) is 18.7 Å². The van der Waals surface area contributed by atoms with Crippen molar-refractivity contribution in [3.63, 3.8) is 0 Å². The van der Waals surface area contributed by atoms with Gasteiger partial charge in [0.05, 0.1) is 6.04 Å². The fourth-order valence-corrected chi connectivity index (χ4v) is 3.28. The average Bonchev–Trinajstić information content (AvgIpc) is 2.65. The fourth-order valence-electron chi connectivity index (χ4n) is 3.13. The first-order valence-electron chi connectivity index (χ1n) is 7.97. The Bertz CT molecular complexity index is 733. The summed E-state index contributed by atoms with van der Waals surface area (Å²) in [6.07, 6.45) is 0.807. The highest BCUT2D eigenvalue weighted by Crippen LogP contribution is 2.29. The molecule has 3 rings (SSSR count). The molecule has 0 radical (unpaired) electrons. The second-order valence-corrected chi connectivity index (χ2v) is 6.03. The second-order valence-electron chi connectivity index (χ2n) is 5.76. The van der Waals surface area contributed by atoms with Crippen LogP contribution in [0.2, 0.25) is 0 Å². The first-order chi connectivity index (χ1) is 11.7. The lowest BCUT2D eigenvalue weighted by atomic mass is 9.92. The number of nitrogens with zero attached hydrogens (tertiary/aromatic N) is 1. The van der Waals surface area contributed by atoms with Crippen LogP contribution in [0.3, 0.4) is 0 Å². The molecule has 0 saturated heterocycles. The number of hydrogen-bond acceptors (Lipinski definition) is 2. The molecule has 0 aliphatic carbocycles. The summed E-state index contributed by atoms with van der Waals surface area (Å²) in [5.41, 5.74) is 2.91. The Morgan fingerprint density at radius 3 is 2.54 bits per heavy atom. The molecule has 1 aliphatic rings. The lowest BCUT2D eigenvalue weighted by molar-refractivity contribution is -0.131. The molecule has 1 unspecified atom stereocenters. The Hall–Kier alpha value is -2.33. The normalized spacial score (nSPS) is 16.4. The van der Waals surface area contributed by atoms with E-state index in [0.29, 0.717) is 18.7 Å². The molecule has 1 atom stereocenters. The van der Waals surface area contributed by atoms with Gasteiger partial charge in [0.1, 0.15) is 5.88 Å². The van der Waals surface area contributed by atoms with Crippen molar-refractivity contribution >= 4 is 23.4 Å². The number of halogens is 1. The van der Waals surface area contributed by atoms with Crippen LogP contribution in [0.25, 0.3) is 0 Å². The zero-order valence-corrected chi connectivity index (χ0v) is 14.0. The predicted octanol–water partition coefficient (Wildman–Crippen LogP) is 2.78. The Morgan fingerprint density at radius 1 is 1.08 bits per heavy atom. The van der Waals surface area contributed by atoms with Gasteiger partial charge in [-0.15, -0.1) is 11.6 Å². The highest BCUT2D eigenvalue weighted by molar-refractivity contribution is 6.27. The molecule has 5 heteroatoms. The summed E-state index contributed by atoms with van der Waals surface area (Å²) in [6.45, 7) is 0.988. The first-order valence-corrected chi connectivity index (χ1v) is 8.50. The van der Waals surface area contributed by atoms with Crippen molar-refractivity contribution in [1.82, 2.24) is 10.2 Å². The quantitative estimate of drug-likeness (QED) is 0.869. The van der Waals surface area contributed by atoms with E-state index in [2.05, 4.69) is 11.4 Å². The number of amides is 2. The lowest BCUT2D eigenvalue weighted by Gasteiger charge is -2.37. The van der Waals surface area contributed by atoms with Crippen molar-refractivity contribution in [3.05, 3.63) is 71.3 Å². The maximum Gasteiger partial charge on any atom is 0.251 e. The Balaban J connectivity index is 1.79. The summed E-state index contributed by atoms with van der Waals surface area (Å²) >= 11 is 5.76. The summed E-state index contributed by atoms with van der Waals surface area (Å²) in [6, 6.07) is 16.9. The molecule has 0 aromatic heterocycles. The van der Waals surface area contributed by atoms with Crippen LogP contribution in [-0.2, 0) is 11.2 Å². The van der Waals surface area contributed by atoms with E-state index in [0.717, 1.165) is 12.0 Å². The number of fused-ring (bicyclic) bond motifs is 1. The molecule has 124 valence electrons. The van der Waals surface area contributed by atoms with E-state index in [1.54, 1.807) is 17.0 Å². The van der Waals surface area contributed by atoms with Crippen molar-refractivity contribution in [2.24, 2.45) is 0 Å². The number of carbonyl (C=O) groups is 2. The largest absolute Gasteiger partial charge is 0.350 e. The average molecular weight is 343 g/mol. The van der Waals surface area contributed by atoms with E-state index < -0.39 is 0 Å². The van der Waals surface area contributed by atoms with Crippen LogP contribution < -0.4 is 5.32 Å². The summed E-state index contributed by atoms with van der Waals surface area (Å²) in [5.74, 6) is -0.298. The Morgan fingerprint density at radius 2 is 1.79 bits per heavy atom. The molecular formula is C19H19ClN2O2. The Labute approximate surface area is 146 Å². The molecule has 4 nitrogen and oxygen atoms in total. The van der Waals surface area contributed by atoms with E-state index in [4.69, 9.17) is 11.6 Å². The monoisotopic (exact) mass is 342 g/mol. The maximum atomic E-state index is 12.3. The van der Waals surface area contributed by atoms with Gasteiger partial charge in [-0.05, 0) is 29.7 Å². The van der Waals surface area contributed by atoms with Gasteiger partial charge in [-0.1, -0.05) is 42.5 Å². The van der Waals surface area contributed by atoms with Crippen LogP contribution in [0.1, 0.15) is 27.5 Å². The molecule has 2 aromatic carbocycles. The van der Waals surface area contributed by atoms with Gasteiger partial charge in [0.25, 0.3) is 5.91 Å². The zero-order chi connectivity index (χ0) is 16.9. The van der Waals surface area contributed by atoms with Gasteiger partial charge >= 0.3 is 0 Å². The molecule has 0 bridgehead atoms. The minimum Gasteiger partial charge on any atom is -0.350 e. The predicted molar refractivity (Wildman–Crippen MR) is 94.1 cm³/mol. The molecule has 2 aromatic rings. The number of alkyl halides is 1. The molecule has 2 amide bonds. The molecule has 0 fully saturated rings. The molecule has 1 heterocycles.